The van der Waals surface area contributed by atoms with Crippen molar-refractivity contribution in [2.45, 2.75) is 13.3 Å². The number of Topliss-reactive ketones (excluding diaryl/α,β-unsaturated/α-hetero) is 1. The van der Waals surface area contributed by atoms with Crippen LogP contribution in [0.1, 0.15) is 28.4 Å². The van der Waals surface area contributed by atoms with Crippen molar-refractivity contribution in [2.24, 2.45) is 0 Å². The number of fused-ring (bicyclic) bond motifs is 1. The van der Waals surface area contributed by atoms with Crippen LogP contribution in [0.2, 0.25) is 0 Å². The van der Waals surface area contributed by atoms with Crippen LogP contribution in [0.25, 0.3) is 0 Å². The SMILES string of the molecule is CCS(=O)(=O)N1CCc2cc(C(=O)COc3cccc(C#N)c3)ccc21. The minimum atomic E-state index is -3.30. The van der Waals surface area contributed by atoms with Crippen molar-refractivity contribution >= 4 is 21.5 Å². The van der Waals surface area contributed by atoms with Gasteiger partial charge in [-0.15, -0.1) is 0 Å². The fourth-order valence-electron chi connectivity index (χ4n) is 2.88. The van der Waals surface area contributed by atoms with E-state index in [1.54, 1.807) is 49.4 Å². The molecule has 0 aromatic heterocycles. The number of hydrogen-bond donors (Lipinski definition) is 0. The molecular weight excluding hydrogens is 352 g/mol. The van der Waals surface area contributed by atoms with Crippen LogP contribution >= 0.6 is 0 Å². The van der Waals surface area contributed by atoms with Gasteiger partial charge in [-0.05, 0) is 55.3 Å². The van der Waals surface area contributed by atoms with E-state index in [2.05, 4.69) is 0 Å². The summed E-state index contributed by atoms with van der Waals surface area (Å²) < 4.78 is 31.1. The molecule has 0 saturated carbocycles. The van der Waals surface area contributed by atoms with E-state index in [1.165, 1.54) is 4.31 Å². The van der Waals surface area contributed by atoms with Gasteiger partial charge >= 0.3 is 0 Å². The van der Waals surface area contributed by atoms with Crippen molar-refractivity contribution in [3.05, 3.63) is 59.2 Å². The molecule has 0 N–H and O–H groups in total. The summed E-state index contributed by atoms with van der Waals surface area (Å²) in [5, 5.41) is 8.88. The van der Waals surface area contributed by atoms with Crippen LogP contribution < -0.4 is 9.04 Å². The summed E-state index contributed by atoms with van der Waals surface area (Å²) in [5.41, 5.74) is 2.44. The first kappa shape index (κ1) is 18.0. The number of carbonyl (C=O) groups is 1. The summed E-state index contributed by atoms with van der Waals surface area (Å²) >= 11 is 0. The molecule has 7 heteroatoms. The summed E-state index contributed by atoms with van der Waals surface area (Å²) in [6, 6.07) is 13.7. The van der Waals surface area contributed by atoms with E-state index < -0.39 is 10.0 Å². The Morgan fingerprint density at radius 3 is 2.81 bits per heavy atom. The quantitative estimate of drug-likeness (QED) is 0.729. The van der Waals surface area contributed by atoms with Gasteiger partial charge in [0, 0.05) is 12.1 Å². The lowest BCUT2D eigenvalue weighted by Crippen LogP contribution is -2.30. The van der Waals surface area contributed by atoms with E-state index in [4.69, 9.17) is 10.00 Å². The largest absolute Gasteiger partial charge is 0.485 e. The Balaban J connectivity index is 1.73. The number of carbonyl (C=O) groups excluding carboxylic acids is 1. The van der Waals surface area contributed by atoms with Gasteiger partial charge in [-0.3, -0.25) is 9.10 Å². The fourth-order valence-corrected chi connectivity index (χ4v) is 4.04. The Hall–Kier alpha value is -2.85. The first-order valence-corrected chi connectivity index (χ1v) is 9.85. The number of hydrogen-bond acceptors (Lipinski definition) is 5. The average molecular weight is 370 g/mol. The van der Waals surface area contributed by atoms with Crippen LogP contribution in [0.4, 0.5) is 5.69 Å². The van der Waals surface area contributed by atoms with Crippen molar-refractivity contribution in [1.29, 1.82) is 5.26 Å². The van der Waals surface area contributed by atoms with Gasteiger partial charge in [0.1, 0.15) is 5.75 Å². The van der Waals surface area contributed by atoms with Gasteiger partial charge in [0.15, 0.2) is 12.4 Å². The Bertz CT molecular complexity index is 993. The zero-order chi connectivity index (χ0) is 18.7. The predicted molar refractivity (Wildman–Crippen MR) is 97.9 cm³/mol. The zero-order valence-corrected chi connectivity index (χ0v) is 15.1. The van der Waals surface area contributed by atoms with Crippen LogP contribution in [0.5, 0.6) is 5.75 Å². The van der Waals surface area contributed by atoms with Crippen LogP contribution in [-0.4, -0.2) is 33.1 Å². The second kappa shape index (κ2) is 7.18. The van der Waals surface area contributed by atoms with Gasteiger partial charge in [0.2, 0.25) is 10.0 Å². The summed E-state index contributed by atoms with van der Waals surface area (Å²) in [6.45, 7) is 1.87. The molecule has 1 heterocycles. The molecule has 0 amide bonds. The molecule has 1 aliphatic rings. The number of ether oxygens (including phenoxy) is 1. The summed E-state index contributed by atoms with van der Waals surface area (Å²) in [5.74, 6) is 0.300. The molecule has 2 aromatic rings. The maximum absolute atomic E-state index is 12.4. The number of anilines is 1. The Morgan fingerprint density at radius 2 is 2.08 bits per heavy atom. The van der Waals surface area contributed by atoms with Crippen LogP contribution in [0.3, 0.4) is 0 Å². The minimum Gasteiger partial charge on any atom is -0.485 e. The third-order valence-electron chi connectivity index (χ3n) is 4.29. The van der Waals surface area contributed by atoms with Crippen molar-refractivity contribution in [3.63, 3.8) is 0 Å². The molecule has 0 unspecified atom stereocenters. The van der Waals surface area contributed by atoms with E-state index >= 15 is 0 Å². The molecule has 26 heavy (non-hydrogen) atoms. The third-order valence-corrected chi connectivity index (χ3v) is 6.07. The summed E-state index contributed by atoms with van der Waals surface area (Å²) in [7, 11) is -3.30. The number of nitrogens with zero attached hydrogens (tertiary/aromatic N) is 2. The maximum atomic E-state index is 12.4. The Kier molecular flexibility index (Phi) is 4.96. The topological polar surface area (TPSA) is 87.5 Å². The Labute approximate surface area is 152 Å². The normalized spacial score (nSPS) is 13.2. The first-order chi connectivity index (χ1) is 12.4. The number of nitriles is 1. The molecule has 0 bridgehead atoms. The molecular formula is C19H18N2O4S. The lowest BCUT2D eigenvalue weighted by atomic mass is 10.1. The smallest absolute Gasteiger partial charge is 0.234 e. The highest BCUT2D eigenvalue weighted by atomic mass is 32.2. The number of benzene rings is 2. The molecule has 2 aromatic carbocycles. The van der Waals surface area contributed by atoms with E-state index in [-0.39, 0.29) is 18.1 Å². The van der Waals surface area contributed by atoms with Gasteiger partial charge in [0.25, 0.3) is 0 Å². The monoisotopic (exact) mass is 370 g/mol. The molecule has 0 spiro atoms. The second-order valence-electron chi connectivity index (χ2n) is 5.92. The minimum absolute atomic E-state index is 0.0444. The molecule has 0 radical (unpaired) electrons. The van der Waals surface area contributed by atoms with Crippen molar-refractivity contribution in [1.82, 2.24) is 0 Å². The molecule has 6 nitrogen and oxygen atoms in total. The van der Waals surface area contributed by atoms with Gasteiger partial charge in [-0.1, -0.05) is 6.07 Å². The summed E-state index contributed by atoms with van der Waals surface area (Å²) in [6.07, 6.45) is 0.584. The number of sulfonamides is 1. The van der Waals surface area contributed by atoms with E-state index in [9.17, 15) is 13.2 Å². The number of rotatable bonds is 6. The molecule has 134 valence electrons. The molecule has 1 aliphatic heterocycles. The molecule has 0 atom stereocenters. The van der Waals surface area contributed by atoms with Gasteiger partial charge in [0.05, 0.1) is 23.1 Å². The van der Waals surface area contributed by atoms with Crippen LogP contribution in [-0.2, 0) is 16.4 Å². The highest BCUT2D eigenvalue weighted by Crippen LogP contribution is 2.31. The molecule has 0 saturated heterocycles. The van der Waals surface area contributed by atoms with Crippen molar-refractivity contribution in [2.75, 3.05) is 23.2 Å². The predicted octanol–water partition coefficient (Wildman–Crippen LogP) is 2.53. The lowest BCUT2D eigenvalue weighted by molar-refractivity contribution is 0.0921. The average Bonchev–Trinajstić information content (AvgIpc) is 3.10. The number of ketones is 1. The fraction of sp³-hybridized carbons (Fsp3) is 0.263. The summed E-state index contributed by atoms with van der Waals surface area (Å²) in [4.78, 5) is 12.4. The van der Waals surface area contributed by atoms with Crippen molar-refractivity contribution in [3.8, 4) is 11.8 Å². The Morgan fingerprint density at radius 1 is 1.27 bits per heavy atom. The standard InChI is InChI=1S/C19H18N2O4S/c1-2-26(23,24)21-9-8-15-11-16(6-7-18(15)21)19(22)13-25-17-5-3-4-14(10-17)12-20/h3-7,10-11H,2,8-9,13H2,1H3. The van der Waals surface area contributed by atoms with E-state index in [0.29, 0.717) is 35.5 Å². The van der Waals surface area contributed by atoms with Gasteiger partial charge in [-0.2, -0.15) is 5.26 Å². The second-order valence-corrected chi connectivity index (χ2v) is 8.10. The molecule has 0 aliphatic carbocycles. The van der Waals surface area contributed by atoms with Gasteiger partial charge < -0.3 is 4.74 Å². The molecule has 0 fully saturated rings. The van der Waals surface area contributed by atoms with E-state index in [1.807, 2.05) is 6.07 Å². The van der Waals surface area contributed by atoms with Crippen molar-refractivity contribution < 1.29 is 17.9 Å². The van der Waals surface area contributed by atoms with Gasteiger partial charge in [-0.25, -0.2) is 8.42 Å². The third kappa shape index (κ3) is 3.55. The maximum Gasteiger partial charge on any atom is 0.234 e. The van der Waals surface area contributed by atoms with Crippen LogP contribution in [0, 0.1) is 11.3 Å². The first-order valence-electron chi connectivity index (χ1n) is 8.24. The molecule has 3 rings (SSSR count). The zero-order valence-electron chi connectivity index (χ0n) is 14.3. The van der Waals surface area contributed by atoms with E-state index in [0.717, 1.165) is 5.56 Å². The van der Waals surface area contributed by atoms with Crippen LogP contribution in [0.15, 0.2) is 42.5 Å². The lowest BCUT2D eigenvalue weighted by Gasteiger charge is -2.18. The highest BCUT2D eigenvalue weighted by Gasteiger charge is 2.28. The highest BCUT2D eigenvalue weighted by molar-refractivity contribution is 7.92.